The van der Waals surface area contributed by atoms with Gasteiger partial charge in [0.25, 0.3) is 0 Å². The maximum atomic E-state index is 9.73. The number of aromatic nitrogens is 4. The van der Waals surface area contributed by atoms with Crippen LogP contribution < -0.4 is 0 Å². The van der Waals surface area contributed by atoms with Crippen LogP contribution in [0.25, 0.3) is 0 Å². The van der Waals surface area contributed by atoms with Crippen molar-refractivity contribution in [1.82, 2.24) is 19.6 Å². The molecule has 0 fully saturated rings. The molecule has 2 aromatic rings. The molecule has 14 heavy (non-hydrogen) atoms. The molecule has 0 amide bonds. The zero-order valence-electron chi connectivity index (χ0n) is 7.24. The summed E-state index contributed by atoms with van der Waals surface area (Å²) >= 11 is 1.27. The van der Waals surface area contributed by atoms with Crippen LogP contribution >= 0.6 is 11.5 Å². The van der Waals surface area contributed by atoms with Crippen molar-refractivity contribution in [3.63, 3.8) is 0 Å². The molecule has 5 nitrogen and oxygen atoms in total. The van der Waals surface area contributed by atoms with Crippen LogP contribution in [-0.2, 0) is 6.42 Å². The Morgan fingerprint density at radius 2 is 2.36 bits per heavy atom. The summed E-state index contributed by atoms with van der Waals surface area (Å²) in [5, 5.41) is 15.4. The van der Waals surface area contributed by atoms with Gasteiger partial charge in [-0.1, -0.05) is 4.49 Å². The third-order valence-corrected chi connectivity index (χ3v) is 2.29. The molecule has 0 saturated heterocycles. The average molecular weight is 208 g/mol. The van der Waals surface area contributed by atoms with E-state index in [4.69, 9.17) is 0 Å². The van der Waals surface area contributed by atoms with Gasteiger partial charge < -0.3 is 5.11 Å². The minimum absolute atomic E-state index is 0.426. The number of nitrogens with zero attached hydrogens (tertiary/aromatic N) is 4. The Labute approximate surface area is 84.6 Å². The van der Waals surface area contributed by atoms with Gasteiger partial charge in [0, 0.05) is 24.2 Å². The third-order valence-electron chi connectivity index (χ3n) is 1.73. The van der Waals surface area contributed by atoms with E-state index in [9.17, 15) is 5.11 Å². The number of aliphatic hydroxyl groups excluding tert-OH is 1. The van der Waals surface area contributed by atoms with E-state index in [0.29, 0.717) is 12.1 Å². The van der Waals surface area contributed by atoms with E-state index in [1.807, 2.05) is 0 Å². The smallest absolute Gasteiger partial charge is 0.103 e. The van der Waals surface area contributed by atoms with Gasteiger partial charge in [-0.25, -0.2) is 0 Å². The minimum atomic E-state index is -0.660. The van der Waals surface area contributed by atoms with Crippen molar-refractivity contribution >= 4 is 11.5 Å². The lowest BCUT2D eigenvalue weighted by molar-refractivity contribution is 0.172. The van der Waals surface area contributed by atoms with Crippen LogP contribution in [0.3, 0.4) is 0 Å². The lowest BCUT2D eigenvalue weighted by atomic mass is 10.1. The van der Waals surface area contributed by atoms with Gasteiger partial charge in [0.1, 0.15) is 6.10 Å². The number of rotatable bonds is 3. The second-order valence-electron chi connectivity index (χ2n) is 2.75. The van der Waals surface area contributed by atoms with Crippen molar-refractivity contribution in [2.45, 2.75) is 12.5 Å². The van der Waals surface area contributed by atoms with Crippen LogP contribution in [0.2, 0.25) is 0 Å². The van der Waals surface area contributed by atoms with Gasteiger partial charge in [-0.2, -0.15) is 0 Å². The van der Waals surface area contributed by atoms with E-state index in [2.05, 4.69) is 19.6 Å². The van der Waals surface area contributed by atoms with Gasteiger partial charge in [-0.3, -0.25) is 9.97 Å². The lowest BCUT2D eigenvalue weighted by Gasteiger charge is -2.06. The Balaban J connectivity index is 2.07. The zero-order chi connectivity index (χ0) is 9.80. The van der Waals surface area contributed by atoms with Crippen LogP contribution in [0.4, 0.5) is 0 Å². The second kappa shape index (κ2) is 4.21. The summed E-state index contributed by atoms with van der Waals surface area (Å²) < 4.78 is 3.71. The first kappa shape index (κ1) is 9.17. The van der Waals surface area contributed by atoms with Crippen molar-refractivity contribution in [3.8, 4) is 0 Å². The molecular weight excluding hydrogens is 200 g/mol. The normalized spacial score (nSPS) is 12.6. The van der Waals surface area contributed by atoms with Crippen LogP contribution in [0.5, 0.6) is 0 Å². The molecule has 6 heteroatoms. The van der Waals surface area contributed by atoms with Gasteiger partial charge in [0.2, 0.25) is 0 Å². The zero-order valence-corrected chi connectivity index (χ0v) is 8.05. The van der Waals surface area contributed by atoms with Gasteiger partial charge in [-0.15, -0.1) is 5.10 Å². The van der Waals surface area contributed by atoms with E-state index in [-0.39, 0.29) is 0 Å². The first-order valence-electron chi connectivity index (χ1n) is 4.06. The summed E-state index contributed by atoms with van der Waals surface area (Å²) in [7, 11) is 0. The highest BCUT2D eigenvalue weighted by atomic mass is 32.1. The molecule has 0 aromatic carbocycles. The number of aliphatic hydroxyl groups is 1. The van der Waals surface area contributed by atoms with Crippen LogP contribution in [0.1, 0.15) is 17.5 Å². The Hall–Kier alpha value is -1.40. The molecule has 0 aliphatic carbocycles. The van der Waals surface area contributed by atoms with Crippen molar-refractivity contribution in [1.29, 1.82) is 0 Å². The van der Waals surface area contributed by atoms with Crippen LogP contribution in [-0.4, -0.2) is 24.7 Å². The van der Waals surface area contributed by atoms with Gasteiger partial charge in [0.05, 0.1) is 17.6 Å². The first-order valence-corrected chi connectivity index (χ1v) is 4.90. The highest BCUT2D eigenvalue weighted by molar-refractivity contribution is 7.03. The fraction of sp³-hybridized carbons (Fsp3) is 0.250. The van der Waals surface area contributed by atoms with Crippen LogP contribution in [0.15, 0.2) is 24.0 Å². The molecular formula is C8H8N4OS. The Morgan fingerprint density at radius 3 is 3.00 bits per heavy atom. The largest absolute Gasteiger partial charge is 0.386 e. The van der Waals surface area contributed by atoms with E-state index in [1.54, 1.807) is 24.0 Å². The Kier molecular flexibility index (Phi) is 2.76. The molecule has 1 unspecified atom stereocenters. The molecule has 2 rings (SSSR count). The molecule has 2 heterocycles. The predicted molar refractivity (Wildman–Crippen MR) is 50.6 cm³/mol. The standard InChI is InChI=1S/C8H8N4OS/c13-8(3-6-5-14-12-11-6)7-4-9-1-2-10-7/h1-2,4-5,8,13H,3H2. The van der Waals surface area contributed by atoms with Gasteiger partial charge >= 0.3 is 0 Å². The maximum Gasteiger partial charge on any atom is 0.103 e. The molecule has 0 bridgehead atoms. The first-order chi connectivity index (χ1) is 6.86. The number of hydrogen-bond acceptors (Lipinski definition) is 6. The summed E-state index contributed by atoms with van der Waals surface area (Å²) in [5.41, 5.74) is 1.33. The van der Waals surface area contributed by atoms with Crippen molar-refractivity contribution in [3.05, 3.63) is 35.4 Å². The highest BCUT2D eigenvalue weighted by Gasteiger charge is 2.11. The maximum absolute atomic E-state index is 9.73. The monoisotopic (exact) mass is 208 g/mol. The van der Waals surface area contributed by atoms with Crippen molar-refractivity contribution in [2.24, 2.45) is 0 Å². The molecule has 0 spiro atoms. The second-order valence-corrected chi connectivity index (χ2v) is 3.36. The van der Waals surface area contributed by atoms with E-state index in [1.165, 1.54) is 11.5 Å². The van der Waals surface area contributed by atoms with Crippen molar-refractivity contribution < 1.29 is 5.11 Å². The molecule has 0 aliphatic heterocycles. The quantitative estimate of drug-likeness (QED) is 0.799. The van der Waals surface area contributed by atoms with E-state index in [0.717, 1.165) is 5.69 Å². The summed E-state index contributed by atoms with van der Waals surface area (Å²) in [6, 6.07) is 0. The summed E-state index contributed by atoms with van der Waals surface area (Å²) in [5.74, 6) is 0. The van der Waals surface area contributed by atoms with Crippen molar-refractivity contribution in [2.75, 3.05) is 0 Å². The fourth-order valence-corrected chi connectivity index (χ4v) is 1.52. The molecule has 1 N–H and O–H groups in total. The summed E-state index contributed by atoms with van der Waals surface area (Å²) in [4.78, 5) is 7.88. The highest BCUT2D eigenvalue weighted by Crippen LogP contribution is 2.13. The van der Waals surface area contributed by atoms with Gasteiger partial charge in [0.15, 0.2) is 0 Å². The molecule has 0 radical (unpaired) electrons. The molecule has 2 aromatic heterocycles. The molecule has 0 aliphatic rings. The SMILES string of the molecule is OC(Cc1csnn1)c1cnccn1. The number of hydrogen-bond donors (Lipinski definition) is 1. The lowest BCUT2D eigenvalue weighted by Crippen LogP contribution is -2.04. The topological polar surface area (TPSA) is 71.8 Å². The molecule has 0 saturated carbocycles. The molecule has 72 valence electrons. The Morgan fingerprint density at radius 1 is 1.43 bits per heavy atom. The minimum Gasteiger partial charge on any atom is -0.386 e. The summed E-state index contributed by atoms with van der Waals surface area (Å²) in [6.45, 7) is 0. The molecule has 1 atom stereocenters. The van der Waals surface area contributed by atoms with E-state index < -0.39 is 6.10 Å². The third kappa shape index (κ3) is 2.09. The van der Waals surface area contributed by atoms with Gasteiger partial charge in [-0.05, 0) is 11.5 Å². The predicted octanol–water partition coefficient (Wildman–Crippen LogP) is 0.604. The van der Waals surface area contributed by atoms with E-state index >= 15 is 0 Å². The van der Waals surface area contributed by atoms with Crippen LogP contribution in [0, 0.1) is 0 Å². The average Bonchev–Trinajstić information content (AvgIpc) is 2.72. The summed E-state index contributed by atoms with van der Waals surface area (Å²) in [6.07, 6.45) is 4.44. The fourth-order valence-electron chi connectivity index (χ4n) is 1.06. The Bertz CT molecular complexity index is 378.